The van der Waals surface area contributed by atoms with Gasteiger partial charge in [-0.3, -0.25) is 9.59 Å². The Morgan fingerprint density at radius 3 is 2.47 bits per heavy atom. The molecule has 6 nitrogen and oxygen atoms in total. The molecule has 0 radical (unpaired) electrons. The second kappa shape index (κ2) is 9.53. The van der Waals surface area contributed by atoms with Crippen LogP contribution in [0.3, 0.4) is 0 Å². The van der Waals surface area contributed by atoms with Gasteiger partial charge in [0.25, 0.3) is 5.91 Å². The fraction of sp³-hybridized carbons (Fsp3) is 0.429. The summed E-state index contributed by atoms with van der Waals surface area (Å²) in [6.07, 6.45) is 0.986. The van der Waals surface area contributed by atoms with Crippen molar-refractivity contribution in [2.24, 2.45) is 5.92 Å². The topological polar surface area (TPSA) is 63.6 Å². The maximum Gasteiger partial charge on any atom is 0.271 e. The van der Waals surface area contributed by atoms with Crippen molar-refractivity contribution < 1.29 is 14.3 Å². The average Bonchev–Trinajstić information content (AvgIpc) is 3.15. The Bertz CT molecular complexity index is 1180. The maximum atomic E-state index is 13.8. The molecule has 0 saturated carbocycles. The minimum Gasteiger partial charge on any atom is -0.491 e. The van der Waals surface area contributed by atoms with Gasteiger partial charge in [-0.2, -0.15) is 0 Å². The molecular weight excluding hydrogens is 426 g/mol. The zero-order valence-corrected chi connectivity index (χ0v) is 20.8. The first-order valence-electron chi connectivity index (χ1n) is 12.1. The molecule has 1 aliphatic rings. The van der Waals surface area contributed by atoms with E-state index < -0.39 is 5.54 Å². The highest BCUT2D eigenvalue weighted by atomic mass is 16.5. The third-order valence-corrected chi connectivity index (χ3v) is 6.47. The van der Waals surface area contributed by atoms with Crippen molar-refractivity contribution in [2.75, 3.05) is 6.54 Å². The van der Waals surface area contributed by atoms with Crippen molar-refractivity contribution in [1.82, 2.24) is 14.8 Å². The first-order valence-corrected chi connectivity index (χ1v) is 12.1. The fourth-order valence-corrected chi connectivity index (χ4v) is 4.55. The molecule has 0 saturated heterocycles. The van der Waals surface area contributed by atoms with E-state index in [0.717, 1.165) is 28.6 Å². The quantitative estimate of drug-likeness (QED) is 0.513. The van der Waals surface area contributed by atoms with Crippen LogP contribution in [-0.4, -0.2) is 39.5 Å². The Kier molecular flexibility index (Phi) is 6.69. The minimum atomic E-state index is -1.02. The van der Waals surface area contributed by atoms with Gasteiger partial charge in [0.1, 0.15) is 17.0 Å². The second-order valence-electron chi connectivity index (χ2n) is 10.1. The number of ether oxygens (including phenoxy) is 1. The van der Waals surface area contributed by atoms with E-state index in [9.17, 15) is 9.59 Å². The second-order valence-corrected chi connectivity index (χ2v) is 10.1. The van der Waals surface area contributed by atoms with E-state index in [0.29, 0.717) is 31.2 Å². The van der Waals surface area contributed by atoms with Gasteiger partial charge in [0.15, 0.2) is 0 Å². The number of benzene rings is 2. The van der Waals surface area contributed by atoms with Crippen molar-refractivity contribution in [2.45, 2.75) is 65.8 Å². The molecule has 1 aliphatic heterocycles. The zero-order valence-electron chi connectivity index (χ0n) is 20.8. The van der Waals surface area contributed by atoms with Crippen LogP contribution in [0.25, 0.3) is 10.9 Å². The van der Waals surface area contributed by atoms with Crippen molar-refractivity contribution in [3.63, 3.8) is 0 Å². The molecule has 0 bridgehead atoms. The summed E-state index contributed by atoms with van der Waals surface area (Å²) in [5.41, 5.74) is 1.53. The van der Waals surface area contributed by atoms with Crippen LogP contribution in [0.1, 0.15) is 57.1 Å². The van der Waals surface area contributed by atoms with E-state index in [-0.39, 0.29) is 17.9 Å². The highest BCUT2D eigenvalue weighted by Gasteiger charge is 2.47. The predicted molar refractivity (Wildman–Crippen MR) is 135 cm³/mol. The normalized spacial score (nSPS) is 18.0. The van der Waals surface area contributed by atoms with E-state index in [4.69, 9.17) is 4.74 Å². The molecule has 34 heavy (non-hydrogen) atoms. The molecule has 1 aromatic heterocycles. The van der Waals surface area contributed by atoms with E-state index in [1.807, 2.05) is 79.9 Å². The summed E-state index contributed by atoms with van der Waals surface area (Å²) >= 11 is 0. The SMILES string of the molecule is CC(C)CCNC(=O)[C@]1(C)Cn2c(cc3ccccc32)C(=O)N1Cc1ccc(OC(C)C)cc1. The molecule has 4 rings (SSSR count). The Morgan fingerprint density at radius 2 is 1.79 bits per heavy atom. The van der Waals surface area contributed by atoms with E-state index in [2.05, 4.69) is 19.2 Å². The highest BCUT2D eigenvalue weighted by Crippen LogP contribution is 2.33. The van der Waals surface area contributed by atoms with Crippen LogP contribution in [0.2, 0.25) is 0 Å². The monoisotopic (exact) mass is 461 g/mol. The molecular formula is C28H35N3O3. The molecule has 3 aromatic rings. The van der Waals surface area contributed by atoms with Crippen LogP contribution >= 0.6 is 0 Å². The number of amides is 2. The number of aromatic nitrogens is 1. The van der Waals surface area contributed by atoms with Crippen molar-refractivity contribution in [3.8, 4) is 5.75 Å². The first-order chi connectivity index (χ1) is 16.2. The molecule has 2 amide bonds. The number of hydrogen-bond acceptors (Lipinski definition) is 3. The van der Waals surface area contributed by atoms with Crippen molar-refractivity contribution >= 4 is 22.7 Å². The fourth-order valence-electron chi connectivity index (χ4n) is 4.55. The van der Waals surface area contributed by atoms with Crippen molar-refractivity contribution in [3.05, 3.63) is 65.9 Å². The molecule has 1 atom stereocenters. The third kappa shape index (κ3) is 4.67. The van der Waals surface area contributed by atoms with Gasteiger partial charge in [-0.15, -0.1) is 0 Å². The Labute approximate surface area is 201 Å². The van der Waals surface area contributed by atoms with Gasteiger partial charge < -0.3 is 19.5 Å². The zero-order chi connectivity index (χ0) is 24.5. The number of carbonyl (C=O) groups excluding carboxylic acids is 2. The van der Waals surface area contributed by atoms with E-state index in [1.165, 1.54) is 0 Å². The summed E-state index contributed by atoms with van der Waals surface area (Å²) < 4.78 is 7.75. The molecule has 0 spiro atoms. The summed E-state index contributed by atoms with van der Waals surface area (Å²) in [6.45, 7) is 11.5. The number of rotatable bonds is 8. The lowest BCUT2D eigenvalue weighted by Crippen LogP contribution is -2.63. The Hall–Kier alpha value is -3.28. The summed E-state index contributed by atoms with van der Waals surface area (Å²) in [7, 11) is 0. The highest BCUT2D eigenvalue weighted by molar-refractivity contribution is 6.03. The van der Waals surface area contributed by atoms with Crippen LogP contribution in [0.15, 0.2) is 54.6 Å². The van der Waals surface area contributed by atoms with E-state index in [1.54, 1.807) is 4.90 Å². The first kappa shape index (κ1) is 23.9. The van der Waals surface area contributed by atoms with Crippen LogP contribution in [0.4, 0.5) is 0 Å². The molecule has 180 valence electrons. The number of carbonyl (C=O) groups is 2. The maximum absolute atomic E-state index is 13.8. The van der Waals surface area contributed by atoms with Gasteiger partial charge in [0, 0.05) is 24.0 Å². The summed E-state index contributed by atoms with van der Waals surface area (Å²) in [5, 5.41) is 4.10. The molecule has 0 fully saturated rings. The lowest BCUT2D eigenvalue weighted by atomic mass is 9.93. The summed E-state index contributed by atoms with van der Waals surface area (Å²) in [5.74, 6) is 1.03. The lowest BCUT2D eigenvalue weighted by molar-refractivity contribution is -0.133. The number of fused-ring (bicyclic) bond motifs is 3. The van der Waals surface area contributed by atoms with Gasteiger partial charge in [-0.1, -0.05) is 44.2 Å². The van der Waals surface area contributed by atoms with Gasteiger partial charge in [0.05, 0.1) is 12.6 Å². The standard InChI is InChI=1S/C28H35N3O3/c1-19(2)14-15-29-27(33)28(5)18-30-24-9-7-6-8-22(24)16-25(30)26(32)31(28)17-21-10-12-23(13-11-21)34-20(3)4/h6-13,16,19-20H,14-15,17-18H2,1-5H3,(H,29,33)/t28-/m0/s1. The predicted octanol–water partition coefficient (Wildman–Crippen LogP) is 5.01. The van der Waals surface area contributed by atoms with E-state index >= 15 is 0 Å². The Morgan fingerprint density at radius 1 is 1.09 bits per heavy atom. The Balaban J connectivity index is 1.68. The number of para-hydroxylation sites is 1. The van der Waals surface area contributed by atoms with Crippen LogP contribution in [-0.2, 0) is 17.9 Å². The smallest absolute Gasteiger partial charge is 0.271 e. The average molecular weight is 462 g/mol. The lowest BCUT2D eigenvalue weighted by Gasteiger charge is -2.44. The molecule has 0 aliphatic carbocycles. The van der Waals surface area contributed by atoms with Crippen LogP contribution in [0.5, 0.6) is 5.75 Å². The summed E-state index contributed by atoms with van der Waals surface area (Å²) in [4.78, 5) is 29.1. The van der Waals surface area contributed by atoms with Gasteiger partial charge in [0.2, 0.25) is 5.91 Å². The van der Waals surface area contributed by atoms with Crippen LogP contribution in [0, 0.1) is 5.92 Å². The number of nitrogens with one attached hydrogen (secondary N) is 1. The summed E-state index contributed by atoms with van der Waals surface area (Å²) in [6, 6.07) is 17.6. The van der Waals surface area contributed by atoms with Gasteiger partial charge in [-0.05, 0) is 62.9 Å². The minimum absolute atomic E-state index is 0.0919. The molecule has 1 N–H and O–H groups in total. The number of hydrogen-bond donors (Lipinski definition) is 1. The molecule has 0 unspecified atom stereocenters. The van der Waals surface area contributed by atoms with Crippen LogP contribution < -0.4 is 10.1 Å². The van der Waals surface area contributed by atoms with Crippen molar-refractivity contribution in [1.29, 1.82) is 0 Å². The molecule has 2 aromatic carbocycles. The van der Waals surface area contributed by atoms with Gasteiger partial charge >= 0.3 is 0 Å². The number of nitrogens with zero attached hydrogens (tertiary/aromatic N) is 2. The third-order valence-electron chi connectivity index (χ3n) is 6.47. The van der Waals surface area contributed by atoms with Gasteiger partial charge in [-0.25, -0.2) is 0 Å². The molecule has 2 heterocycles. The molecule has 6 heteroatoms. The largest absolute Gasteiger partial charge is 0.491 e.